The Morgan fingerprint density at radius 1 is 1.00 bits per heavy atom. The smallest absolute Gasteiger partial charge is 0.451 e. The van der Waals surface area contributed by atoms with E-state index in [1.165, 1.54) is 18.2 Å². The molecule has 160 valence electrons. The number of halogens is 8. The maximum atomic E-state index is 12.9. The van der Waals surface area contributed by atoms with Crippen LogP contribution in [0.1, 0.15) is 5.56 Å². The Hall–Kier alpha value is -2.79. The lowest BCUT2D eigenvalue weighted by Crippen LogP contribution is -2.21. The van der Waals surface area contributed by atoms with Crippen LogP contribution < -0.4 is 5.32 Å². The van der Waals surface area contributed by atoms with Crippen LogP contribution in [0, 0.1) is 0 Å². The first kappa shape index (κ1) is 23.5. The van der Waals surface area contributed by atoms with Gasteiger partial charge >= 0.3 is 12.4 Å². The van der Waals surface area contributed by atoms with Gasteiger partial charge in [-0.1, -0.05) is 35.3 Å². The molecule has 0 saturated carbocycles. The number of nitrogens with zero attached hydrogens (tertiary/aromatic N) is 2. The van der Waals surface area contributed by atoms with Crippen LogP contribution >= 0.6 is 23.2 Å². The predicted molar refractivity (Wildman–Crippen MR) is 96.8 cm³/mol. The summed E-state index contributed by atoms with van der Waals surface area (Å²) in [5.74, 6) is -3.99. The van der Waals surface area contributed by atoms with E-state index in [4.69, 9.17) is 23.2 Å². The fourth-order valence-corrected chi connectivity index (χ4v) is 2.32. The Balaban J connectivity index is 2.44. The summed E-state index contributed by atoms with van der Waals surface area (Å²) in [6.45, 7) is 0. The normalized spacial score (nSPS) is 13.3. The van der Waals surface area contributed by atoms with Crippen molar-refractivity contribution in [3.63, 3.8) is 0 Å². The molecule has 0 aliphatic heterocycles. The monoisotopic (exact) mass is 471 g/mol. The average Bonchev–Trinajstić information content (AvgIpc) is 2.64. The van der Waals surface area contributed by atoms with E-state index in [2.05, 4.69) is 10.2 Å². The summed E-state index contributed by atoms with van der Waals surface area (Å²) < 4.78 is 76.9. The number of alkyl halides is 6. The zero-order valence-corrected chi connectivity index (χ0v) is 15.8. The molecule has 0 atom stereocenters. The maximum absolute atomic E-state index is 12.9. The highest BCUT2D eigenvalue weighted by Gasteiger charge is 2.39. The number of aliphatic hydroxyl groups excluding tert-OH is 1. The average molecular weight is 472 g/mol. The molecule has 5 nitrogen and oxygen atoms in total. The molecule has 2 rings (SSSR count). The van der Waals surface area contributed by atoms with Crippen molar-refractivity contribution >= 4 is 40.5 Å². The highest BCUT2D eigenvalue weighted by atomic mass is 35.5. The number of carbonyl (C=O) groups excluding carboxylic acids is 1. The van der Waals surface area contributed by atoms with Gasteiger partial charge in [-0.3, -0.25) is 4.79 Å². The van der Waals surface area contributed by atoms with Crippen LogP contribution in [0.5, 0.6) is 0 Å². The van der Waals surface area contributed by atoms with Crippen LogP contribution in [-0.2, 0) is 11.0 Å². The van der Waals surface area contributed by atoms with Crippen molar-refractivity contribution in [2.75, 3.05) is 5.32 Å². The number of hydrogen-bond acceptors (Lipinski definition) is 4. The zero-order valence-electron chi connectivity index (χ0n) is 14.3. The highest BCUT2D eigenvalue weighted by Crippen LogP contribution is 2.33. The number of carbonyl (C=O) groups is 1. The molecule has 0 saturated heterocycles. The third-order valence-electron chi connectivity index (χ3n) is 3.35. The lowest BCUT2D eigenvalue weighted by Gasteiger charge is -2.11. The Bertz CT molecular complexity index is 1020. The number of nitrogens with one attached hydrogen (secondary N) is 1. The van der Waals surface area contributed by atoms with Gasteiger partial charge in [0.2, 0.25) is 5.76 Å². The van der Waals surface area contributed by atoms with Crippen molar-refractivity contribution < 1.29 is 36.2 Å². The number of azo groups is 1. The van der Waals surface area contributed by atoms with Crippen LogP contribution in [-0.4, -0.2) is 17.2 Å². The number of rotatable bonds is 4. The third-order valence-corrected chi connectivity index (χ3v) is 4.17. The van der Waals surface area contributed by atoms with E-state index in [9.17, 15) is 36.2 Å². The van der Waals surface area contributed by atoms with Crippen molar-refractivity contribution in [1.29, 1.82) is 0 Å². The minimum Gasteiger partial charge on any atom is -0.503 e. The number of amides is 1. The number of anilines is 1. The van der Waals surface area contributed by atoms with E-state index < -0.39 is 41.0 Å². The molecule has 0 radical (unpaired) electrons. The molecule has 2 aromatic rings. The molecule has 0 aliphatic carbocycles. The van der Waals surface area contributed by atoms with Gasteiger partial charge in [-0.05, 0) is 30.3 Å². The van der Waals surface area contributed by atoms with E-state index in [-0.39, 0.29) is 15.7 Å². The van der Waals surface area contributed by atoms with Gasteiger partial charge in [-0.15, -0.1) is 5.11 Å². The van der Waals surface area contributed by atoms with Crippen LogP contribution in [0.3, 0.4) is 0 Å². The summed E-state index contributed by atoms with van der Waals surface area (Å²) in [7, 11) is 0. The van der Waals surface area contributed by atoms with Gasteiger partial charge in [0.1, 0.15) is 0 Å². The Morgan fingerprint density at radius 3 is 2.23 bits per heavy atom. The topological polar surface area (TPSA) is 74.0 Å². The Kier molecular flexibility index (Phi) is 6.99. The van der Waals surface area contributed by atoms with E-state index in [0.717, 1.165) is 12.1 Å². The molecule has 0 fully saturated rings. The van der Waals surface area contributed by atoms with Crippen molar-refractivity contribution in [2.24, 2.45) is 10.2 Å². The number of aliphatic hydroxyl groups is 1. The zero-order chi connectivity index (χ0) is 22.7. The molecule has 1 amide bonds. The standard InChI is InChI=1S/C17H9Cl2F6N3O2/c18-10-5-2-6-11(12(10)19)26-15(30)13(14(29)17(23,24)25)28-27-9-4-1-3-8(7-9)16(20,21)22/h1-7,29H,(H,26,30)/b14-13+,28-27?. The molecule has 0 bridgehead atoms. The maximum Gasteiger partial charge on any atom is 0.451 e. The summed E-state index contributed by atoms with van der Waals surface area (Å²) in [4.78, 5) is 12.2. The number of hydrogen-bond donors (Lipinski definition) is 2. The first-order valence-electron chi connectivity index (χ1n) is 7.65. The summed E-state index contributed by atoms with van der Waals surface area (Å²) >= 11 is 11.6. The summed E-state index contributed by atoms with van der Waals surface area (Å²) in [6, 6.07) is 7.03. The highest BCUT2D eigenvalue weighted by molar-refractivity contribution is 6.44. The van der Waals surface area contributed by atoms with Crippen molar-refractivity contribution in [1.82, 2.24) is 0 Å². The lowest BCUT2D eigenvalue weighted by molar-refractivity contribution is -0.137. The third kappa shape index (κ3) is 5.86. The molecular formula is C17H9Cl2F6N3O2. The van der Waals surface area contributed by atoms with Gasteiger partial charge in [0, 0.05) is 0 Å². The second-order valence-corrected chi connectivity index (χ2v) is 6.28. The second-order valence-electron chi connectivity index (χ2n) is 5.50. The van der Waals surface area contributed by atoms with Crippen LogP contribution in [0.2, 0.25) is 10.0 Å². The van der Waals surface area contributed by atoms with Gasteiger partial charge in [0.05, 0.1) is 27.0 Å². The summed E-state index contributed by atoms with van der Waals surface area (Å²) in [5.41, 5.74) is -3.45. The largest absolute Gasteiger partial charge is 0.503 e. The van der Waals surface area contributed by atoms with Crippen molar-refractivity contribution in [3.8, 4) is 0 Å². The van der Waals surface area contributed by atoms with Gasteiger partial charge in [-0.25, -0.2) is 0 Å². The van der Waals surface area contributed by atoms with Gasteiger partial charge < -0.3 is 10.4 Å². The molecule has 0 aliphatic rings. The van der Waals surface area contributed by atoms with Gasteiger partial charge in [0.15, 0.2) is 5.70 Å². The first-order chi connectivity index (χ1) is 13.8. The predicted octanol–water partition coefficient (Wildman–Crippen LogP) is 7.07. The number of benzene rings is 2. The van der Waals surface area contributed by atoms with E-state index in [1.807, 2.05) is 5.32 Å². The second kappa shape index (κ2) is 8.92. The summed E-state index contributed by atoms with van der Waals surface area (Å²) in [6.07, 6.45) is -10.1. The molecule has 2 aromatic carbocycles. The van der Waals surface area contributed by atoms with Crippen LogP contribution in [0.15, 0.2) is 64.1 Å². The lowest BCUT2D eigenvalue weighted by atomic mass is 10.2. The van der Waals surface area contributed by atoms with Gasteiger partial charge in [0.25, 0.3) is 5.91 Å². The molecule has 13 heteroatoms. The molecule has 0 aromatic heterocycles. The van der Waals surface area contributed by atoms with Crippen molar-refractivity contribution in [2.45, 2.75) is 12.4 Å². The van der Waals surface area contributed by atoms with Crippen molar-refractivity contribution in [3.05, 3.63) is 69.5 Å². The van der Waals surface area contributed by atoms with Gasteiger partial charge in [-0.2, -0.15) is 31.5 Å². The van der Waals surface area contributed by atoms with E-state index in [1.54, 1.807) is 0 Å². The summed E-state index contributed by atoms with van der Waals surface area (Å²) in [5, 5.41) is 17.3. The molecule has 0 heterocycles. The fraction of sp³-hybridized carbons (Fsp3) is 0.118. The quantitative estimate of drug-likeness (QED) is 0.216. The fourth-order valence-electron chi connectivity index (χ4n) is 1.97. The number of allylic oxidation sites excluding steroid dienone is 1. The molecule has 2 N–H and O–H groups in total. The minimum absolute atomic E-state index is 0.0226. The molecular weight excluding hydrogens is 463 g/mol. The molecule has 30 heavy (non-hydrogen) atoms. The minimum atomic E-state index is -5.39. The molecule has 0 spiro atoms. The SMILES string of the molecule is O=C(Nc1cccc(Cl)c1Cl)/C(N=Nc1cccc(C(F)(F)F)c1)=C(\O)C(F)(F)F. The van der Waals surface area contributed by atoms with E-state index >= 15 is 0 Å². The first-order valence-corrected chi connectivity index (χ1v) is 8.41. The Morgan fingerprint density at radius 2 is 1.63 bits per heavy atom. The molecule has 0 unspecified atom stereocenters. The van der Waals surface area contributed by atoms with Crippen LogP contribution in [0.4, 0.5) is 37.7 Å². The van der Waals surface area contributed by atoms with Crippen LogP contribution in [0.25, 0.3) is 0 Å². The van der Waals surface area contributed by atoms with E-state index in [0.29, 0.717) is 12.1 Å². The Labute approximate surface area is 174 Å².